The van der Waals surface area contributed by atoms with E-state index in [1.807, 2.05) is 11.8 Å². The monoisotopic (exact) mass is 586 g/mol. The maximum atomic E-state index is 5.23. The van der Waals surface area contributed by atoms with Crippen LogP contribution in [0.1, 0.15) is 20.9 Å². The van der Waals surface area contributed by atoms with Crippen molar-refractivity contribution < 1.29 is 0 Å². The second-order valence-electron chi connectivity index (χ2n) is 9.68. The molecule has 1 aliphatic carbocycles. The van der Waals surface area contributed by atoms with Gasteiger partial charge in [0.2, 0.25) is 0 Å². The number of anilines is 1. The molecule has 1 unspecified atom stereocenters. The van der Waals surface area contributed by atoms with E-state index < -0.39 is 0 Å². The van der Waals surface area contributed by atoms with Crippen molar-refractivity contribution in [2.24, 2.45) is 0 Å². The molecule has 4 nitrogen and oxygen atoms in total. The van der Waals surface area contributed by atoms with Crippen molar-refractivity contribution in [3.63, 3.8) is 0 Å². The zero-order valence-corrected chi connectivity index (χ0v) is 24.1. The Morgan fingerprint density at radius 1 is 0.550 bits per heavy atom. The molecule has 4 heterocycles. The third-order valence-electron chi connectivity index (χ3n) is 7.28. The van der Waals surface area contributed by atoms with Crippen molar-refractivity contribution in [3.8, 4) is 0 Å². The molecule has 0 bridgehead atoms. The van der Waals surface area contributed by atoms with Crippen LogP contribution >= 0.6 is 45.8 Å². The molecule has 40 heavy (non-hydrogen) atoms. The quantitative estimate of drug-likeness (QED) is 0.223. The fourth-order valence-electron chi connectivity index (χ4n) is 5.50. The molecule has 0 spiro atoms. The normalized spacial score (nSPS) is 16.6. The highest BCUT2D eigenvalue weighted by Gasteiger charge is 2.43. The van der Waals surface area contributed by atoms with Crippen LogP contribution in [-0.4, -0.2) is 15.0 Å². The highest BCUT2D eigenvalue weighted by Crippen LogP contribution is 2.61. The van der Waals surface area contributed by atoms with Gasteiger partial charge >= 0.3 is 0 Å². The van der Waals surface area contributed by atoms with Crippen LogP contribution in [0.4, 0.5) is 5.69 Å². The Morgan fingerprint density at radius 3 is 1.75 bits per heavy atom. The summed E-state index contributed by atoms with van der Waals surface area (Å²) in [5.41, 5.74) is 7.74. The number of nitrogens with zero attached hydrogens (tertiary/aromatic N) is 3. The van der Waals surface area contributed by atoms with E-state index in [1.54, 1.807) is 34.0 Å². The highest BCUT2D eigenvalue weighted by molar-refractivity contribution is 8.03. The molecule has 0 radical (unpaired) electrons. The lowest BCUT2D eigenvalue weighted by Gasteiger charge is -2.22. The molecule has 1 N–H and O–H groups in total. The Labute approximate surface area is 245 Å². The lowest BCUT2D eigenvalue weighted by atomic mass is 9.96. The summed E-state index contributed by atoms with van der Waals surface area (Å²) in [5, 5.41) is 6.99. The number of aromatic nitrogens is 3. The Kier molecular flexibility index (Phi) is 5.07. The zero-order valence-electron chi connectivity index (χ0n) is 20.8. The van der Waals surface area contributed by atoms with Gasteiger partial charge in [-0.15, -0.1) is 34.0 Å². The first-order chi connectivity index (χ1) is 19.8. The molecule has 2 aliphatic rings. The van der Waals surface area contributed by atoms with Gasteiger partial charge in [-0.05, 0) is 48.5 Å². The fourth-order valence-corrected chi connectivity index (χ4v) is 9.93. The average Bonchev–Trinajstić information content (AvgIpc) is 3.76. The molecule has 190 valence electrons. The number of hydrogen-bond donors (Lipinski definition) is 1. The fraction of sp³-hybridized carbons (Fsp3) is 0.0312. The maximum Gasteiger partial charge on any atom is 0.123 e. The van der Waals surface area contributed by atoms with Crippen LogP contribution in [0.25, 0.3) is 41.8 Å². The summed E-state index contributed by atoms with van der Waals surface area (Å²) in [6.45, 7) is 0. The van der Waals surface area contributed by atoms with Crippen LogP contribution < -0.4 is 5.32 Å². The van der Waals surface area contributed by atoms with Gasteiger partial charge in [-0.25, -0.2) is 15.0 Å². The molecule has 0 fully saturated rings. The molecular formula is C32H18N4S4. The number of fused-ring (bicyclic) bond motifs is 5. The molecule has 0 saturated carbocycles. The minimum atomic E-state index is -0.0853. The molecule has 9 rings (SSSR count). The third kappa shape index (κ3) is 3.47. The number of hydrogen-bond acceptors (Lipinski definition) is 8. The summed E-state index contributed by atoms with van der Waals surface area (Å²) in [6.07, 6.45) is 0. The number of nitrogens with one attached hydrogen (secondary N) is 1. The number of rotatable bonds is 3. The maximum absolute atomic E-state index is 5.23. The molecule has 1 atom stereocenters. The first-order valence-corrected chi connectivity index (χ1v) is 16.2. The number of benzene rings is 4. The van der Waals surface area contributed by atoms with Gasteiger partial charge < -0.3 is 5.32 Å². The topological polar surface area (TPSA) is 50.7 Å². The predicted molar refractivity (Wildman–Crippen MR) is 171 cm³/mol. The SMILES string of the molecule is c1ccc2c(c1)NC1=C(c3nc4ccccc4s3)C(c3nc4ccccc4s3)C(c3nc4ccccc4s3)=C1S2. The van der Waals surface area contributed by atoms with Crippen LogP contribution in [0, 0.1) is 0 Å². The van der Waals surface area contributed by atoms with E-state index in [-0.39, 0.29) is 5.92 Å². The van der Waals surface area contributed by atoms with Gasteiger partial charge in [0.05, 0.1) is 48.0 Å². The second-order valence-corrected chi connectivity index (χ2v) is 13.9. The first kappa shape index (κ1) is 22.9. The predicted octanol–water partition coefficient (Wildman–Crippen LogP) is 9.65. The van der Waals surface area contributed by atoms with Gasteiger partial charge in [-0.1, -0.05) is 60.3 Å². The van der Waals surface area contributed by atoms with Crippen LogP contribution in [0.5, 0.6) is 0 Å². The summed E-state index contributed by atoms with van der Waals surface area (Å²) < 4.78 is 3.57. The van der Waals surface area contributed by atoms with E-state index in [0.717, 1.165) is 43.0 Å². The van der Waals surface area contributed by atoms with Gasteiger partial charge in [0.25, 0.3) is 0 Å². The minimum Gasteiger partial charge on any atom is -0.353 e. The van der Waals surface area contributed by atoms with E-state index in [1.165, 1.54) is 35.0 Å². The third-order valence-corrected chi connectivity index (χ3v) is 11.7. The standard InChI is InChI=1S/C32H18N4S4/c1-5-13-21-17(9-1)33-28-26(31-35-19-11-3-7-15-23(19)39-31)25(30-34-18-10-2-6-14-22(18)38-30)27(29(28)37-21)32-36-20-12-4-8-16-24(20)40-32/h1-16,25,33H. The lowest BCUT2D eigenvalue weighted by Crippen LogP contribution is -2.08. The van der Waals surface area contributed by atoms with Crippen LogP contribution in [-0.2, 0) is 0 Å². The van der Waals surface area contributed by atoms with Gasteiger partial charge in [-0.2, -0.15) is 0 Å². The van der Waals surface area contributed by atoms with Gasteiger partial charge in [0.1, 0.15) is 15.0 Å². The Balaban J connectivity index is 1.36. The lowest BCUT2D eigenvalue weighted by molar-refractivity contribution is 1.09. The molecule has 0 amide bonds. The Morgan fingerprint density at radius 2 is 1.10 bits per heavy atom. The summed E-state index contributed by atoms with van der Waals surface area (Å²) in [7, 11) is 0. The van der Waals surface area contributed by atoms with Gasteiger partial charge in [0.15, 0.2) is 0 Å². The number of allylic oxidation sites excluding steroid dienone is 2. The molecule has 4 aromatic carbocycles. The molecule has 7 aromatic rings. The van der Waals surface area contributed by atoms with Crippen LogP contribution in [0.2, 0.25) is 0 Å². The number of para-hydroxylation sites is 4. The van der Waals surface area contributed by atoms with Gasteiger partial charge in [0, 0.05) is 20.9 Å². The van der Waals surface area contributed by atoms with Crippen molar-refractivity contribution >= 4 is 93.3 Å². The number of thiazole rings is 3. The smallest absolute Gasteiger partial charge is 0.123 e. The summed E-state index contributed by atoms with van der Waals surface area (Å²) >= 11 is 7.12. The average molecular weight is 587 g/mol. The number of thioether (sulfide) groups is 1. The zero-order chi connectivity index (χ0) is 26.2. The van der Waals surface area contributed by atoms with Crippen molar-refractivity contribution in [2.75, 3.05) is 5.32 Å². The molecule has 0 saturated heterocycles. The highest BCUT2D eigenvalue weighted by atomic mass is 32.2. The summed E-state index contributed by atoms with van der Waals surface area (Å²) in [5.74, 6) is -0.0853. The van der Waals surface area contributed by atoms with E-state index in [0.29, 0.717) is 0 Å². The van der Waals surface area contributed by atoms with E-state index >= 15 is 0 Å². The second kappa shape index (κ2) is 8.84. The Bertz CT molecular complexity index is 1980. The van der Waals surface area contributed by atoms with Crippen LogP contribution in [0.15, 0.2) is 113 Å². The summed E-state index contributed by atoms with van der Waals surface area (Å²) in [6, 6.07) is 33.8. The molecule has 1 aliphatic heterocycles. The molecule has 8 heteroatoms. The Hall–Kier alpha value is -3.82. The molecular weight excluding hydrogens is 569 g/mol. The van der Waals surface area contributed by atoms with E-state index in [9.17, 15) is 0 Å². The van der Waals surface area contributed by atoms with Gasteiger partial charge in [-0.3, -0.25) is 0 Å². The van der Waals surface area contributed by atoms with Crippen molar-refractivity contribution in [3.05, 3.63) is 123 Å². The van der Waals surface area contributed by atoms with Crippen molar-refractivity contribution in [2.45, 2.75) is 10.8 Å². The first-order valence-electron chi connectivity index (χ1n) is 12.9. The minimum absolute atomic E-state index is 0.0853. The van der Waals surface area contributed by atoms with Crippen molar-refractivity contribution in [1.82, 2.24) is 15.0 Å². The van der Waals surface area contributed by atoms with Crippen LogP contribution in [0.3, 0.4) is 0 Å². The van der Waals surface area contributed by atoms with E-state index in [4.69, 9.17) is 15.0 Å². The summed E-state index contributed by atoms with van der Waals surface area (Å²) in [4.78, 5) is 18.0. The van der Waals surface area contributed by atoms with Crippen molar-refractivity contribution in [1.29, 1.82) is 0 Å². The largest absolute Gasteiger partial charge is 0.353 e. The molecule has 3 aromatic heterocycles. The van der Waals surface area contributed by atoms with E-state index in [2.05, 4.69) is 102 Å².